The van der Waals surface area contributed by atoms with Gasteiger partial charge in [-0.25, -0.2) is 0 Å². The Hall–Kier alpha value is -1.34. The van der Waals surface area contributed by atoms with E-state index in [2.05, 4.69) is 0 Å². The molecule has 23 heavy (non-hydrogen) atoms. The summed E-state index contributed by atoms with van der Waals surface area (Å²) in [6.07, 6.45) is 0.853. The normalized spacial score (nSPS) is 21.0. The molecule has 1 aliphatic rings. The lowest BCUT2D eigenvalue weighted by molar-refractivity contribution is -0.136. The summed E-state index contributed by atoms with van der Waals surface area (Å²) in [4.78, 5) is 12.6. The Balaban J connectivity index is 2.35. The van der Waals surface area contributed by atoms with E-state index in [1.54, 1.807) is 6.07 Å². The van der Waals surface area contributed by atoms with E-state index >= 15 is 0 Å². The van der Waals surface area contributed by atoms with Gasteiger partial charge in [0.15, 0.2) is 17.1 Å². The van der Waals surface area contributed by atoms with Gasteiger partial charge in [-0.3, -0.25) is 4.79 Å². The zero-order valence-electron chi connectivity index (χ0n) is 12.0. The maximum Gasteiger partial charge on any atom is 0.263 e. The highest BCUT2D eigenvalue weighted by Crippen LogP contribution is 2.53. The van der Waals surface area contributed by atoms with Gasteiger partial charge >= 0.3 is 0 Å². The second kappa shape index (κ2) is 5.34. The number of benzene rings is 1. The lowest BCUT2D eigenvalue weighted by Gasteiger charge is -2.38. The summed E-state index contributed by atoms with van der Waals surface area (Å²) < 4.78 is 19.2. The molecule has 6 nitrogen and oxygen atoms in total. The molecule has 1 aliphatic heterocycles. The molecule has 3 rings (SSSR count). The summed E-state index contributed by atoms with van der Waals surface area (Å²) in [5.41, 5.74) is 0.377. The molecule has 2 aromatic rings. The number of carbonyl (C=O) groups excluding carboxylic acids is 1. The third-order valence-electron chi connectivity index (χ3n) is 3.58. The fourth-order valence-electron chi connectivity index (χ4n) is 2.54. The maximum atomic E-state index is 12.6. The first-order valence-corrected chi connectivity index (χ1v) is 7.53. The quantitative estimate of drug-likeness (QED) is 0.803. The van der Waals surface area contributed by atoms with Gasteiger partial charge in [-0.15, -0.1) is 0 Å². The molecule has 9 heteroatoms. The first-order chi connectivity index (χ1) is 10.7. The Morgan fingerprint density at radius 2 is 1.91 bits per heavy atom. The predicted molar refractivity (Wildman–Crippen MR) is 84.1 cm³/mol. The van der Waals surface area contributed by atoms with E-state index in [0.717, 1.165) is 0 Å². The third kappa shape index (κ3) is 2.32. The van der Waals surface area contributed by atoms with Crippen molar-refractivity contribution >= 4 is 51.6 Å². The highest BCUT2D eigenvalue weighted by atomic mass is 35.6. The van der Waals surface area contributed by atoms with E-state index in [1.807, 2.05) is 0 Å². The lowest BCUT2D eigenvalue weighted by atomic mass is 9.96. The van der Waals surface area contributed by atoms with Gasteiger partial charge in [0.25, 0.3) is 9.58 Å². The summed E-state index contributed by atoms with van der Waals surface area (Å²) in [5, 5.41) is 11.0. The number of methoxy groups -OCH3 is 2. The van der Waals surface area contributed by atoms with Crippen LogP contribution in [0.1, 0.15) is 16.8 Å². The van der Waals surface area contributed by atoms with E-state index in [0.29, 0.717) is 5.39 Å². The van der Waals surface area contributed by atoms with Gasteiger partial charge < -0.3 is 23.7 Å². The van der Waals surface area contributed by atoms with Crippen LogP contribution in [0.15, 0.2) is 16.7 Å². The number of ketones is 1. The van der Waals surface area contributed by atoms with Crippen molar-refractivity contribution in [3.63, 3.8) is 0 Å². The smallest absolute Gasteiger partial charge is 0.263 e. The van der Waals surface area contributed by atoms with Crippen molar-refractivity contribution < 1.29 is 28.5 Å². The van der Waals surface area contributed by atoms with Crippen molar-refractivity contribution in [1.29, 1.82) is 0 Å². The van der Waals surface area contributed by atoms with Gasteiger partial charge in [-0.1, -0.05) is 34.8 Å². The van der Waals surface area contributed by atoms with E-state index < -0.39 is 21.8 Å². The molecule has 0 unspecified atom stereocenters. The van der Waals surface area contributed by atoms with Crippen molar-refractivity contribution in [3.8, 4) is 17.2 Å². The van der Waals surface area contributed by atoms with E-state index in [4.69, 9.17) is 53.4 Å². The van der Waals surface area contributed by atoms with Crippen molar-refractivity contribution in [1.82, 2.24) is 0 Å². The van der Waals surface area contributed by atoms with Crippen molar-refractivity contribution in [2.24, 2.45) is 0 Å². The minimum Gasteiger partial charge on any atom is -0.495 e. The van der Waals surface area contributed by atoms with Crippen LogP contribution < -0.4 is 14.2 Å². The SMILES string of the molecule is COc1c2c(c(OC)c3occc13)O[C@](O)(C(Cl)(Cl)Cl)CC2=O. The Morgan fingerprint density at radius 1 is 1.26 bits per heavy atom. The first-order valence-electron chi connectivity index (χ1n) is 6.40. The molecule has 1 aromatic heterocycles. The van der Waals surface area contributed by atoms with Gasteiger partial charge in [0.2, 0.25) is 5.75 Å². The topological polar surface area (TPSA) is 78.1 Å². The Bertz CT molecular complexity index is 794. The summed E-state index contributed by atoms with van der Waals surface area (Å²) >= 11 is 17.3. The molecule has 0 bridgehead atoms. The molecule has 0 fully saturated rings. The number of carbonyl (C=O) groups is 1. The van der Waals surface area contributed by atoms with Gasteiger partial charge in [0.05, 0.1) is 32.3 Å². The molecule has 1 N–H and O–H groups in total. The number of ether oxygens (including phenoxy) is 3. The van der Waals surface area contributed by atoms with Crippen molar-refractivity contribution in [2.75, 3.05) is 14.2 Å². The van der Waals surface area contributed by atoms with Crippen LogP contribution >= 0.6 is 34.8 Å². The highest BCUT2D eigenvalue weighted by molar-refractivity contribution is 6.68. The van der Waals surface area contributed by atoms with Crippen LogP contribution in [0.3, 0.4) is 0 Å². The lowest BCUT2D eigenvalue weighted by Crippen LogP contribution is -2.52. The number of hydrogen-bond acceptors (Lipinski definition) is 6. The number of hydrogen-bond donors (Lipinski definition) is 1. The molecule has 124 valence electrons. The second-order valence-electron chi connectivity index (χ2n) is 4.92. The Morgan fingerprint density at radius 3 is 2.48 bits per heavy atom. The van der Waals surface area contributed by atoms with Crippen molar-refractivity contribution in [3.05, 3.63) is 17.9 Å². The van der Waals surface area contributed by atoms with Crippen LogP contribution in [0.5, 0.6) is 17.2 Å². The Labute approximate surface area is 145 Å². The monoisotopic (exact) mass is 380 g/mol. The molecule has 0 amide bonds. The number of halogens is 3. The number of Topliss-reactive ketones (excluding diaryl/α,β-unsaturated/α-hetero) is 1. The van der Waals surface area contributed by atoms with Gasteiger partial charge in [-0.05, 0) is 6.07 Å². The molecule has 0 spiro atoms. The van der Waals surface area contributed by atoms with Crippen LogP contribution in [0.25, 0.3) is 11.0 Å². The fraction of sp³-hybridized carbons (Fsp3) is 0.357. The van der Waals surface area contributed by atoms with E-state index in [1.165, 1.54) is 20.5 Å². The predicted octanol–water partition coefficient (Wildman–Crippen LogP) is 3.47. The zero-order chi connectivity index (χ0) is 17.0. The highest BCUT2D eigenvalue weighted by Gasteiger charge is 2.55. The zero-order valence-corrected chi connectivity index (χ0v) is 14.3. The van der Waals surface area contributed by atoms with Gasteiger partial charge in [-0.2, -0.15) is 0 Å². The third-order valence-corrected chi connectivity index (χ3v) is 4.46. The molecular weight excluding hydrogens is 371 g/mol. The Kier molecular flexibility index (Phi) is 3.84. The summed E-state index contributed by atoms with van der Waals surface area (Å²) in [6.45, 7) is 0. The molecule has 1 atom stereocenters. The van der Waals surface area contributed by atoms with Crippen LogP contribution in [-0.4, -0.2) is 34.7 Å². The average Bonchev–Trinajstić information content (AvgIpc) is 2.92. The molecule has 0 saturated heterocycles. The average molecular weight is 382 g/mol. The minimum atomic E-state index is -2.35. The van der Waals surface area contributed by atoms with E-state index in [-0.39, 0.29) is 28.4 Å². The summed E-state index contributed by atoms with van der Waals surface area (Å²) in [6, 6.07) is 1.62. The second-order valence-corrected chi connectivity index (χ2v) is 7.20. The molecule has 2 heterocycles. The first kappa shape index (κ1) is 16.5. The van der Waals surface area contributed by atoms with Crippen LogP contribution in [0.2, 0.25) is 0 Å². The maximum absolute atomic E-state index is 12.6. The van der Waals surface area contributed by atoms with Crippen LogP contribution in [0, 0.1) is 0 Å². The summed E-state index contributed by atoms with van der Waals surface area (Å²) in [7, 11) is 2.76. The standard InChI is InChI=1S/C14H11Cl3O6/c1-20-9-6-3-4-22-10(6)12(21-2)11-8(9)7(18)5-13(19,23-11)14(15,16)17/h3-4,19H,5H2,1-2H3/t13-/m0/s1. The number of furan rings is 1. The van der Waals surface area contributed by atoms with Crippen LogP contribution in [-0.2, 0) is 0 Å². The molecule has 0 saturated carbocycles. The van der Waals surface area contributed by atoms with Gasteiger partial charge in [0.1, 0.15) is 11.3 Å². The van der Waals surface area contributed by atoms with Gasteiger partial charge in [0, 0.05) is 0 Å². The number of aliphatic hydroxyl groups is 1. The molecular formula is C14H11Cl3O6. The molecule has 1 aromatic carbocycles. The fourth-order valence-corrected chi connectivity index (χ4v) is 2.85. The molecule has 0 aliphatic carbocycles. The van der Waals surface area contributed by atoms with Crippen LogP contribution in [0.4, 0.5) is 0 Å². The molecule has 0 radical (unpaired) electrons. The number of fused-ring (bicyclic) bond motifs is 2. The van der Waals surface area contributed by atoms with E-state index in [9.17, 15) is 9.90 Å². The number of rotatable bonds is 2. The largest absolute Gasteiger partial charge is 0.495 e. The summed E-state index contributed by atoms with van der Waals surface area (Å²) in [5.74, 6) is -2.63. The van der Waals surface area contributed by atoms with Crippen molar-refractivity contribution in [2.45, 2.75) is 16.0 Å². The number of alkyl halides is 3. The minimum absolute atomic E-state index is 0.0946.